The van der Waals surface area contributed by atoms with Crippen molar-refractivity contribution in [2.75, 3.05) is 0 Å². The smallest absolute Gasteiger partial charge is 0.185 e. The van der Waals surface area contributed by atoms with Crippen molar-refractivity contribution in [3.8, 4) is 17.1 Å². The molecule has 1 aliphatic carbocycles. The van der Waals surface area contributed by atoms with Crippen molar-refractivity contribution in [1.82, 2.24) is 19.6 Å². The van der Waals surface area contributed by atoms with Crippen molar-refractivity contribution in [3.05, 3.63) is 41.9 Å². The maximum atomic E-state index is 9.88. The fourth-order valence-electron chi connectivity index (χ4n) is 2.62. The van der Waals surface area contributed by atoms with Gasteiger partial charge in [0.05, 0.1) is 5.56 Å². The van der Waals surface area contributed by atoms with Crippen LogP contribution in [0.15, 0.2) is 30.6 Å². The third-order valence-corrected chi connectivity index (χ3v) is 3.56. The first-order valence-electron chi connectivity index (χ1n) is 6.34. The third-order valence-electron chi connectivity index (χ3n) is 3.56. The van der Waals surface area contributed by atoms with Crippen LogP contribution in [0.3, 0.4) is 0 Å². The number of benzene rings is 1. The zero-order valence-corrected chi connectivity index (χ0v) is 10.2. The van der Waals surface area contributed by atoms with E-state index < -0.39 is 0 Å². The van der Waals surface area contributed by atoms with E-state index in [-0.39, 0.29) is 5.75 Å². The van der Waals surface area contributed by atoms with Crippen LogP contribution >= 0.6 is 0 Å². The molecule has 4 rings (SSSR count). The molecular weight excluding hydrogens is 240 g/mol. The number of phenols is 1. The predicted molar refractivity (Wildman–Crippen MR) is 69.9 cm³/mol. The van der Waals surface area contributed by atoms with Gasteiger partial charge in [0.2, 0.25) is 0 Å². The molecule has 0 amide bonds. The van der Waals surface area contributed by atoms with Crippen LogP contribution in [-0.4, -0.2) is 24.7 Å². The Morgan fingerprint density at radius 1 is 1.16 bits per heavy atom. The van der Waals surface area contributed by atoms with Gasteiger partial charge in [0, 0.05) is 11.3 Å². The second-order valence-electron chi connectivity index (χ2n) is 4.74. The Labute approximate surface area is 109 Å². The van der Waals surface area contributed by atoms with Crippen LogP contribution in [0.5, 0.6) is 5.75 Å². The summed E-state index contributed by atoms with van der Waals surface area (Å²) in [6.45, 7) is 0. The minimum atomic E-state index is 0.197. The lowest BCUT2D eigenvalue weighted by molar-refractivity contribution is 0.477. The molecule has 0 bridgehead atoms. The molecule has 0 saturated carbocycles. The summed E-state index contributed by atoms with van der Waals surface area (Å²) in [6, 6.07) is 7.11. The zero-order valence-electron chi connectivity index (χ0n) is 10.2. The van der Waals surface area contributed by atoms with Crippen molar-refractivity contribution >= 4 is 5.65 Å². The number of phenolic OH excluding ortho intramolecular Hbond substituents is 1. The molecule has 0 aliphatic heterocycles. The minimum absolute atomic E-state index is 0.197. The lowest BCUT2D eigenvalue weighted by Gasteiger charge is -1.97. The molecule has 3 aromatic rings. The Morgan fingerprint density at radius 2 is 2.05 bits per heavy atom. The topological polar surface area (TPSA) is 63.3 Å². The lowest BCUT2D eigenvalue weighted by atomic mass is 10.2. The van der Waals surface area contributed by atoms with Gasteiger partial charge in [-0.05, 0) is 31.4 Å². The van der Waals surface area contributed by atoms with Gasteiger partial charge in [-0.15, -0.1) is 5.10 Å². The van der Waals surface area contributed by atoms with Crippen molar-refractivity contribution < 1.29 is 5.11 Å². The molecule has 0 fully saturated rings. The van der Waals surface area contributed by atoms with Gasteiger partial charge in [-0.3, -0.25) is 0 Å². The standard InChI is InChI=1S/C14H12N4O/c19-12-7-2-1-4-10(12)13-16-14-9-5-3-6-11(9)15-8-18(14)17-13/h1-2,4,7-8,19H,3,5-6H2. The van der Waals surface area contributed by atoms with E-state index in [0.717, 1.165) is 30.6 Å². The Balaban J connectivity index is 1.96. The molecule has 2 heterocycles. The Morgan fingerprint density at radius 3 is 2.95 bits per heavy atom. The van der Waals surface area contributed by atoms with E-state index in [0.29, 0.717) is 11.4 Å². The number of hydrogen-bond donors (Lipinski definition) is 1. The molecule has 5 nitrogen and oxygen atoms in total. The number of aromatic hydroxyl groups is 1. The van der Waals surface area contributed by atoms with E-state index in [1.54, 1.807) is 23.0 Å². The highest BCUT2D eigenvalue weighted by molar-refractivity contribution is 5.66. The van der Waals surface area contributed by atoms with Crippen molar-refractivity contribution in [2.45, 2.75) is 19.3 Å². The third kappa shape index (κ3) is 1.51. The molecule has 94 valence electrons. The van der Waals surface area contributed by atoms with Gasteiger partial charge in [-0.1, -0.05) is 12.1 Å². The molecule has 0 saturated heterocycles. The number of rotatable bonds is 1. The van der Waals surface area contributed by atoms with Gasteiger partial charge in [0.1, 0.15) is 12.1 Å². The van der Waals surface area contributed by atoms with Crippen molar-refractivity contribution in [2.24, 2.45) is 0 Å². The Hall–Kier alpha value is -2.43. The summed E-state index contributed by atoms with van der Waals surface area (Å²) in [7, 11) is 0. The molecule has 0 atom stereocenters. The van der Waals surface area contributed by atoms with Crippen LogP contribution in [0.25, 0.3) is 17.0 Å². The largest absolute Gasteiger partial charge is 0.507 e. The van der Waals surface area contributed by atoms with Gasteiger partial charge < -0.3 is 5.11 Å². The highest BCUT2D eigenvalue weighted by Crippen LogP contribution is 2.28. The molecule has 1 aromatic carbocycles. The summed E-state index contributed by atoms with van der Waals surface area (Å²) >= 11 is 0. The molecule has 5 heteroatoms. The van der Waals surface area contributed by atoms with Crippen LogP contribution in [0.4, 0.5) is 0 Å². The van der Waals surface area contributed by atoms with Gasteiger partial charge in [0.15, 0.2) is 11.5 Å². The summed E-state index contributed by atoms with van der Waals surface area (Å²) in [6.07, 6.45) is 4.85. The normalized spacial score (nSPS) is 13.9. The molecule has 19 heavy (non-hydrogen) atoms. The van der Waals surface area contributed by atoms with E-state index in [1.165, 1.54) is 5.56 Å². The minimum Gasteiger partial charge on any atom is -0.507 e. The summed E-state index contributed by atoms with van der Waals surface area (Å²) in [5.41, 5.74) is 3.83. The van der Waals surface area contributed by atoms with E-state index >= 15 is 0 Å². The maximum Gasteiger partial charge on any atom is 0.185 e. The zero-order chi connectivity index (χ0) is 12.8. The molecule has 2 aromatic heterocycles. The number of aryl methyl sites for hydroxylation is 2. The SMILES string of the molecule is Oc1ccccc1-c1nc2c3c(ncn2n1)CCC3. The summed E-state index contributed by atoms with van der Waals surface area (Å²) in [4.78, 5) is 8.98. The van der Waals surface area contributed by atoms with Gasteiger partial charge in [-0.2, -0.15) is 0 Å². The van der Waals surface area contributed by atoms with Crippen LogP contribution in [0.1, 0.15) is 17.7 Å². The van der Waals surface area contributed by atoms with Crippen LogP contribution in [0.2, 0.25) is 0 Å². The number of nitrogens with zero attached hydrogens (tertiary/aromatic N) is 4. The summed E-state index contributed by atoms with van der Waals surface area (Å²) < 4.78 is 1.70. The number of aromatic nitrogens is 4. The highest BCUT2D eigenvalue weighted by atomic mass is 16.3. The Bertz CT molecular complexity index is 778. The fourth-order valence-corrected chi connectivity index (χ4v) is 2.62. The van der Waals surface area contributed by atoms with E-state index in [4.69, 9.17) is 0 Å². The lowest BCUT2D eigenvalue weighted by Crippen LogP contribution is -1.96. The summed E-state index contributed by atoms with van der Waals surface area (Å²) in [5.74, 6) is 0.739. The quantitative estimate of drug-likeness (QED) is 0.719. The van der Waals surface area contributed by atoms with E-state index in [2.05, 4.69) is 15.1 Å². The molecule has 0 spiro atoms. The molecule has 0 unspecified atom stereocenters. The second kappa shape index (κ2) is 3.78. The average molecular weight is 252 g/mol. The molecule has 0 radical (unpaired) electrons. The van der Waals surface area contributed by atoms with Crippen molar-refractivity contribution in [3.63, 3.8) is 0 Å². The number of para-hydroxylation sites is 1. The molecular formula is C14H12N4O. The highest BCUT2D eigenvalue weighted by Gasteiger charge is 2.19. The van der Waals surface area contributed by atoms with Gasteiger partial charge in [-0.25, -0.2) is 14.5 Å². The fraction of sp³-hybridized carbons (Fsp3) is 0.214. The molecule has 1 aliphatic rings. The number of hydrogen-bond acceptors (Lipinski definition) is 4. The average Bonchev–Trinajstić information content (AvgIpc) is 3.04. The van der Waals surface area contributed by atoms with E-state index in [1.807, 2.05) is 12.1 Å². The number of fused-ring (bicyclic) bond motifs is 3. The monoisotopic (exact) mass is 252 g/mol. The second-order valence-corrected chi connectivity index (χ2v) is 4.74. The predicted octanol–water partition coefficient (Wildman–Crippen LogP) is 1.99. The first-order chi connectivity index (χ1) is 9.33. The maximum absolute atomic E-state index is 9.88. The Kier molecular flexibility index (Phi) is 2.09. The summed E-state index contributed by atoms with van der Waals surface area (Å²) in [5, 5.41) is 14.3. The van der Waals surface area contributed by atoms with E-state index in [9.17, 15) is 5.11 Å². The van der Waals surface area contributed by atoms with Gasteiger partial charge in [0.25, 0.3) is 0 Å². The van der Waals surface area contributed by atoms with Gasteiger partial charge >= 0.3 is 0 Å². The first-order valence-corrected chi connectivity index (χ1v) is 6.34. The van der Waals surface area contributed by atoms with Crippen molar-refractivity contribution in [1.29, 1.82) is 0 Å². The first kappa shape index (κ1) is 10.5. The van der Waals surface area contributed by atoms with Crippen LogP contribution < -0.4 is 0 Å². The van der Waals surface area contributed by atoms with Crippen LogP contribution in [0, 0.1) is 0 Å². The molecule has 1 N–H and O–H groups in total. The van der Waals surface area contributed by atoms with Crippen LogP contribution in [-0.2, 0) is 12.8 Å².